The molecule has 4 atom stereocenters. The van der Waals surface area contributed by atoms with Gasteiger partial charge in [-0.1, -0.05) is 12.2 Å². The minimum absolute atomic E-state index is 0.0119. The van der Waals surface area contributed by atoms with Crippen LogP contribution in [0.25, 0.3) is 0 Å². The summed E-state index contributed by atoms with van der Waals surface area (Å²) in [6, 6.07) is -0.141. The van der Waals surface area contributed by atoms with Crippen LogP contribution in [0.4, 0.5) is 9.59 Å². The number of primary amides is 1. The highest BCUT2D eigenvalue weighted by molar-refractivity contribution is 5.77. The Morgan fingerprint density at radius 1 is 1.19 bits per heavy atom. The first-order chi connectivity index (χ1) is 16.9. The van der Waals surface area contributed by atoms with Crippen LogP contribution in [-0.4, -0.2) is 103 Å². The molecule has 2 saturated heterocycles. The van der Waals surface area contributed by atoms with Gasteiger partial charge in [-0.3, -0.25) is 9.69 Å². The highest BCUT2D eigenvalue weighted by atomic mass is 16.6. The predicted molar refractivity (Wildman–Crippen MR) is 135 cm³/mol. The van der Waals surface area contributed by atoms with Crippen molar-refractivity contribution < 1.29 is 28.6 Å². The van der Waals surface area contributed by atoms with Crippen LogP contribution >= 0.6 is 0 Å². The van der Waals surface area contributed by atoms with E-state index in [1.54, 1.807) is 9.80 Å². The van der Waals surface area contributed by atoms with E-state index in [1.165, 1.54) is 0 Å². The van der Waals surface area contributed by atoms with Gasteiger partial charge in [0, 0.05) is 51.1 Å². The number of carbonyl (C=O) groups is 3. The molecular weight excluding hydrogens is 464 g/mol. The summed E-state index contributed by atoms with van der Waals surface area (Å²) in [6.07, 6.45) is 1.46. The van der Waals surface area contributed by atoms with Gasteiger partial charge < -0.3 is 29.7 Å². The Hall–Kier alpha value is -2.33. The molecule has 2 aliphatic heterocycles. The third kappa shape index (κ3) is 8.09. The molecule has 4 unspecified atom stereocenters. The van der Waals surface area contributed by atoms with Crippen LogP contribution in [0.2, 0.25) is 0 Å². The molecule has 36 heavy (non-hydrogen) atoms. The molecule has 1 saturated carbocycles. The van der Waals surface area contributed by atoms with Crippen molar-refractivity contribution in [2.45, 2.75) is 71.1 Å². The van der Waals surface area contributed by atoms with Crippen molar-refractivity contribution in [2.24, 2.45) is 17.6 Å². The topological polar surface area (TPSA) is 115 Å². The zero-order valence-electron chi connectivity index (χ0n) is 22.4. The van der Waals surface area contributed by atoms with Gasteiger partial charge in [-0.15, -0.1) is 0 Å². The van der Waals surface area contributed by atoms with Crippen molar-refractivity contribution in [1.82, 2.24) is 14.7 Å². The number of nitrogens with zero attached hydrogens (tertiary/aromatic N) is 3. The summed E-state index contributed by atoms with van der Waals surface area (Å²) >= 11 is 0. The fourth-order valence-electron chi connectivity index (χ4n) is 5.22. The molecule has 3 rings (SSSR count). The van der Waals surface area contributed by atoms with Gasteiger partial charge in [0.15, 0.2) is 0 Å². The van der Waals surface area contributed by atoms with Crippen LogP contribution in [0.5, 0.6) is 0 Å². The number of hydrogen-bond donors (Lipinski definition) is 1. The SMILES string of the molecule is C=C1CC(C(N)=O)CC(C(C)OC(=O)N2CCC(N(CCN3CCOCC3)C(=O)OC(C)(C)C)C2)C1. The number of hydrogen-bond acceptors (Lipinski definition) is 7. The number of likely N-dealkylation sites (tertiary alicyclic amines) is 1. The molecule has 0 aromatic carbocycles. The van der Waals surface area contributed by atoms with Gasteiger partial charge in [0.05, 0.1) is 19.3 Å². The molecule has 2 heterocycles. The zero-order chi connectivity index (χ0) is 26.5. The maximum Gasteiger partial charge on any atom is 0.410 e. The molecule has 0 aromatic heterocycles. The number of rotatable bonds is 7. The van der Waals surface area contributed by atoms with E-state index >= 15 is 0 Å². The van der Waals surface area contributed by atoms with Crippen LogP contribution < -0.4 is 5.73 Å². The molecular formula is C26H44N4O6. The molecule has 3 aliphatic rings. The summed E-state index contributed by atoms with van der Waals surface area (Å²) in [4.78, 5) is 43.5. The molecule has 10 heteroatoms. The lowest BCUT2D eigenvalue weighted by Crippen LogP contribution is -2.49. The summed E-state index contributed by atoms with van der Waals surface area (Å²) in [5.74, 6) is -0.582. The Kier molecular flexibility index (Phi) is 9.63. The van der Waals surface area contributed by atoms with Crippen molar-refractivity contribution in [3.8, 4) is 0 Å². The van der Waals surface area contributed by atoms with Gasteiger partial charge in [-0.05, 0) is 53.4 Å². The normalized spacial score (nSPS) is 26.4. The second kappa shape index (κ2) is 12.3. The van der Waals surface area contributed by atoms with E-state index in [9.17, 15) is 14.4 Å². The molecule has 0 aromatic rings. The van der Waals surface area contributed by atoms with Crippen molar-refractivity contribution in [1.29, 1.82) is 0 Å². The Labute approximate surface area is 215 Å². The molecule has 3 fully saturated rings. The second-order valence-electron chi connectivity index (χ2n) is 11.4. The molecule has 10 nitrogen and oxygen atoms in total. The first kappa shape index (κ1) is 28.2. The van der Waals surface area contributed by atoms with E-state index in [2.05, 4.69) is 11.5 Å². The largest absolute Gasteiger partial charge is 0.446 e. The Morgan fingerprint density at radius 3 is 2.53 bits per heavy atom. The molecule has 0 radical (unpaired) electrons. The number of carbonyl (C=O) groups excluding carboxylic acids is 3. The first-order valence-corrected chi connectivity index (χ1v) is 13.1. The summed E-state index contributed by atoms with van der Waals surface area (Å²) in [7, 11) is 0. The zero-order valence-corrected chi connectivity index (χ0v) is 22.4. The highest BCUT2D eigenvalue weighted by Crippen LogP contribution is 2.35. The lowest BCUT2D eigenvalue weighted by molar-refractivity contribution is -0.123. The minimum atomic E-state index is -0.603. The van der Waals surface area contributed by atoms with E-state index in [1.807, 2.05) is 27.7 Å². The van der Waals surface area contributed by atoms with Crippen LogP contribution in [0.15, 0.2) is 12.2 Å². The fraction of sp³-hybridized carbons (Fsp3) is 0.808. The maximum absolute atomic E-state index is 13.1. The Morgan fingerprint density at radius 2 is 1.89 bits per heavy atom. The van der Waals surface area contributed by atoms with E-state index in [0.717, 1.165) is 31.6 Å². The number of allylic oxidation sites excluding steroid dienone is 1. The monoisotopic (exact) mass is 508 g/mol. The van der Waals surface area contributed by atoms with Gasteiger partial charge in [0.2, 0.25) is 5.91 Å². The van der Waals surface area contributed by atoms with Crippen molar-refractivity contribution in [3.05, 3.63) is 12.2 Å². The smallest absolute Gasteiger partial charge is 0.410 e. The molecule has 2 N–H and O–H groups in total. The van der Waals surface area contributed by atoms with Crippen molar-refractivity contribution in [3.63, 3.8) is 0 Å². The number of amides is 3. The molecule has 204 valence electrons. The van der Waals surface area contributed by atoms with Crippen LogP contribution in [0.1, 0.15) is 53.4 Å². The predicted octanol–water partition coefficient (Wildman–Crippen LogP) is 2.61. The third-order valence-electron chi connectivity index (χ3n) is 7.28. The molecule has 0 spiro atoms. The van der Waals surface area contributed by atoms with Gasteiger partial charge in [0.25, 0.3) is 0 Å². The fourth-order valence-corrected chi connectivity index (χ4v) is 5.22. The van der Waals surface area contributed by atoms with E-state index < -0.39 is 11.7 Å². The quantitative estimate of drug-likeness (QED) is 0.526. The van der Waals surface area contributed by atoms with E-state index in [0.29, 0.717) is 52.1 Å². The van der Waals surface area contributed by atoms with Gasteiger partial charge in [-0.25, -0.2) is 9.59 Å². The molecule has 3 amide bonds. The van der Waals surface area contributed by atoms with Gasteiger partial charge in [-0.2, -0.15) is 0 Å². The van der Waals surface area contributed by atoms with Crippen LogP contribution in [0.3, 0.4) is 0 Å². The standard InChI is InChI=1S/C26H44N4O6/c1-18-14-20(16-21(15-18)23(27)31)19(2)35-24(32)29-7-6-22(17-29)30(25(33)36-26(3,4)5)9-8-28-10-12-34-13-11-28/h19-22H,1,6-17H2,2-5H3,(H2,27,31). The second-order valence-corrected chi connectivity index (χ2v) is 11.4. The number of nitrogens with two attached hydrogens (primary N) is 1. The van der Waals surface area contributed by atoms with Gasteiger partial charge >= 0.3 is 12.2 Å². The summed E-state index contributed by atoms with van der Waals surface area (Å²) in [5, 5.41) is 0. The first-order valence-electron chi connectivity index (χ1n) is 13.1. The summed E-state index contributed by atoms with van der Waals surface area (Å²) in [6.45, 7) is 16.7. The Balaban J connectivity index is 1.57. The maximum atomic E-state index is 13.1. The molecule has 0 bridgehead atoms. The Bertz CT molecular complexity index is 807. The average molecular weight is 509 g/mol. The van der Waals surface area contributed by atoms with Crippen LogP contribution in [0, 0.1) is 11.8 Å². The number of morpholine rings is 1. The minimum Gasteiger partial charge on any atom is -0.446 e. The lowest BCUT2D eigenvalue weighted by Gasteiger charge is -2.34. The van der Waals surface area contributed by atoms with E-state index in [4.69, 9.17) is 19.9 Å². The van der Waals surface area contributed by atoms with Crippen LogP contribution in [-0.2, 0) is 19.0 Å². The lowest BCUT2D eigenvalue weighted by atomic mass is 9.76. The molecule has 1 aliphatic carbocycles. The van der Waals surface area contributed by atoms with Gasteiger partial charge in [0.1, 0.15) is 11.7 Å². The average Bonchev–Trinajstić information content (AvgIpc) is 3.28. The van der Waals surface area contributed by atoms with E-state index in [-0.39, 0.29) is 36.0 Å². The summed E-state index contributed by atoms with van der Waals surface area (Å²) < 4.78 is 16.9. The summed E-state index contributed by atoms with van der Waals surface area (Å²) in [5.41, 5.74) is 5.89. The van der Waals surface area contributed by atoms with Crippen molar-refractivity contribution >= 4 is 18.1 Å². The third-order valence-corrected chi connectivity index (χ3v) is 7.28. The highest BCUT2D eigenvalue weighted by Gasteiger charge is 2.38. The van der Waals surface area contributed by atoms with Crippen molar-refractivity contribution in [2.75, 3.05) is 52.5 Å². The number of ether oxygens (including phenoxy) is 3.